The number of fused-ring (bicyclic) bond motifs is 3. The third kappa shape index (κ3) is 1.80. The van der Waals surface area contributed by atoms with E-state index in [0.29, 0.717) is 0 Å². The first-order valence-corrected chi connectivity index (χ1v) is 6.05. The van der Waals surface area contributed by atoms with Crippen LogP contribution >= 0.6 is 0 Å². The topological polar surface area (TPSA) is 47.6 Å². The average Bonchev–Trinajstić information content (AvgIpc) is 2.84. The molecule has 2 aromatic carbocycles. The van der Waals surface area contributed by atoms with Crippen LogP contribution in [0.15, 0.2) is 48.0 Å². The molecule has 0 aromatic heterocycles. The van der Waals surface area contributed by atoms with E-state index in [1.807, 2.05) is 36.4 Å². The summed E-state index contributed by atoms with van der Waals surface area (Å²) < 4.78 is 0. The number of rotatable bonds is 1. The van der Waals surface area contributed by atoms with Crippen molar-refractivity contribution >= 4 is 6.08 Å². The van der Waals surface area contributed by atoms with Gasteiger partial charge in [-0.3, -0.25) is 0 Å². The molecule has 1 aliphatic rings. The van der Waals surface area contributed by atoms with E-state index < -0.39 is 0 Å². The summed E-state index contributed by atoms with van der Waals surface area (Å²) in [5.41, 5.74) is 6.07. The number of hydrogen-bond acceptors (Lipinski definition) is 2. The molecule has 0 saturated heterocycles. The number of nitrogens with zero attached hydrogens (tertiary/aromatic N) is 2. The Morgan fingerprint density at radius 3 is 2.47 bits per heavy atom. The minimum absolute atomic E-state index is 0.143. The lowest BCUT2D eigenvalue weighted by Gasteiger charge is -2.04. The maximum Gasteiger partial charge on any atom is 0.130 e. The highest BCUT2D eigenvalue weighted by Crippen LogP contribution is 2.38. The smallest absolute Gasteiger partial charge is 0.130 e. The van der Waals surface area contributed by atoms with Crippen molar-refractivity contribution in [2.45, 2.75) is 6.42 Å². The highest BCUT2D eigenvalue weighted by molar-refractivity contribution is 5.81. The summed E-state index contributed by atoms with van der Waals surface area (Å²) in [6.07, 6.45) is 2.53. The third-order valence-corrected chi connectivity index (χ3v) is 3.43. The second-order valence-electron chi connectivity index (χ2n) is 4.49. The number of allylic oxidation sites excluding steroid dienone is 1. The van der Waals surface area contributed by atoms with Gasteiger partial charge in [-0.2, -0.15) is 10.5 Å². The van der Waals surface area contributed by atoms with E-state index in [1.165, 1.54) is 22.3 Å². The minimum Gasteiger partial charge on any atom is -0.192 e. The summed E-state index contributed by atoms with van der Waals surface area (Å²) >= 11 is 0. The first-order chi connectivity index (χ1) is 9.33. The van der Waals surface area contributed by atoms with Crippen molar-refractivity contribution in [2.24, 2.45) is 0 Å². The second-order valence-corrected chi connectivity index (χ2v) is 4.49. The van der Waals surface area contributed by atoms with Crippen molar-refractivity contribution in [3.63, 3.8) is 0 Å². The van der Waals surface area contributed by atoms with Crippen molar-refractivity contribution in [1.29, 1.82) is 10.5 Å². The molecule has 0 atom stereocenters. The van der Waals surface area contributed by atoms with Crippen LogP contribution in [-0.4, -0.2) is 0 Å². The molecule has 2 heteroatoms. The van der Waals surface area contributed by atoms with E-state index in [2.05, 4.69) is 18.2 Å². The monoisotopic (exact) mass is 242 g/mol. The van der Waals surface area contributed by atoms with Crippen LogP contribution in [0.4, 0.5) is 0 Å². The lowest BCUT2D eigenvalue weighted by molar-refractivity contribution is 1.25. The van der Waals surface area contributed by atoms with Gasteiger partial charge in [0.15, 0.2) is 0 Å². The van der Waals surface area contributed by atoms with E-state index in [9.17, 15) is 0 Å². The normalized spacial score (nSPS) is 10.8. The van der Waals surface area contributed by atoms with E-state index in [4.69, 9.17) is 10.5 Å². The SMILES string of the molecule is N#CC(C#N)=Cc1cccc2c1Cc1ccccc1-2. The molecule has 2 aromatic rings. The molecule has 0 heterocycles. The van der Waals surface area contributed by atoms with Crippen LogP contribution in [0.5, 0.6) is 0 Å². The largest absolute Gasteiger partial charge is 0.192 e. The van der Waals surface area contributed by atoms with Crippen LogP contribution in [0.3, 0.4) is 0 Å². The lowest BCUT2D eigenvalue weighted by atomic mass is 10.00. The zero-order valence-corrected chi connectivity index (χ0v) is 10.2. The Kier molecular flexibility index (Phi) is 2.63. The second kappa shape index (κ2) is 4.44. The highest BCUT2D eigenvalue weighted by Gasteiger charge is 2.19. The Morgan fingerprint density at radius 1 is 0.947 bits per heavy atom. The van der Waals surface area contributed by atoms with Crippen LogP contribution in [0.1, 0.15) is 16.7 Å². The molecule has 0 amide bonds. The fourth-order valence-electron chi connectivity index (χ4n) is 2.56. The Labute approximate surface area is 111 Å². The van der Waals surface area contributed by atoms with E-state index in [0.717, 1.165) is 12.0 Å². The van der Waals surface area contributed by atoms with Gasteiger partial charge in [0, 0.05) is 0 Å². The molecule has 0 N–H and O–H groups in total. The predicted octanol–water partition coefficient (Wildman–Crippen LogP) is 3.69. The van der Waals surface area contributed by atoms with E-state index in [1.54, 1.807) is 6.08 Å². The molecule has 19 heavy (non-hydrogen) atoms. The summed E-state index contributed by atoms with van der Waals surface area (Å²) in [4.78, 5) is 0. The summed E-state index contributed by atoms with van der Waals surface area (Å²) in [5, 5.41) is 17.7. The Bertz CT molecular complexity index is 755. The number of nitriles is 2. The quantitative estimate of drug-likeness (QED) is 0.611. The molecule has 0 bridgehead atoms. The predicted molar refractivity (Wildman–Crippen MR) is 73.9 cm³/mol. The molecule has 0 unspecified atom stereocenters. The van der Waals surface area contributed by atoms with Gasteiger partial charge in [-0.1, -0.05) is 42.5 Å². The van der Waals surface area contributed by atoms with Crippen LogP contribution in [-0.2, 0) is 6.42 Å². The van der Waals surface area contributed by atoms with Crippen molar-refractivity contribution in [2.75, 3.05) is 0 Å². The molecule has 0 fully saturated rings. The first kappa shape index (κ1) is 11.3. The standard InChI is InChI=1S/C17H10N2/c18-10-12(11-19)8-13-5-3-7-16-15-6-2-1-4-14(15)9-17(13)16/h1-8H,9H2. The van der Waals surface area contributed by atoms with Gasteiger partial charge in [0.05, 0.1) is 0 Å². The van der Waals surface area contributed by atoms with Crippen LogP contribution in [0.2, 0.25) is 0 Å². The Balaban J connectivity index is 2.18. The molecular formula is C17H10N2. The maximum absolute atomic E-state index is 8.87. The molecule has 0 radical (unpaired) electrons. The Morgan fingerprint density at radius 2 is 1.68 bits per heavy atom. The summed E-state index contributed by atoms with van der Waals surface area (Å²) in [5.74, 6) is 0. The molecule has 0 aliphatic heterocycles. The van der Waals surface area contributed by atoms with Crippen molar-refractivity contribution < 1.29 is 0 Å². The fourth-order valence-corrected chi connectivity index (χ4v) is 2.56. The van der Waals surface area contributed by atoms with Gasteiger partial charge in [0.1, 0.15) is 17.7 Å². The molecule has 88 valence electrons. The van der Waals surface area contributed by atoms with Gasteiger partial charge in [0.25, 0.3) is 0 Å². The maximum atomic E-state index is 8.87. The van der Waals surface area contributed by atoms with Crippen LogP contribution in [0.25, 0.3) is 17.2 Å². The third-order valence-electron chi connectivity index (χ3n) is 3.43. The van der Waals surface area contributed by atoms with E-state index in [-0.39, 0.29) is 5.57 Å². The van der Waals surface area contributed by atoms with Crippen LogP contribution < -0.4 is 0 Å². The van der Waals surface area contributed by atoms with Crippen molar-refractivity contribution in [1.82, 2.24) is 0 Å². The van der Waals surface area contributed by atoms with Gasteiger partial charge in [-0.05, 0) is 40.3 Å². The molecular weight excluding hydrogens is 232 g/mol. The summed E-state index contributed by atoms with van der Waals surface area (Å²) in [7, 11) is 0. The highest BCUT2D eigenvalue weighted by atomic mass is 14.3. The minimum atomic E-state index is 0.143. The number of benzene rings is 2. The fraction of sp³-hybridized carbons (Fsp3) is 0.0588. The first-order valence-electron chi connectivity index (χ1n) is 6.05. The molecule has 0 spiro atoms. The molecule has 3 rings (SSSR count). The van der Waals surface area contributed by atoms with Gasteiger partial charge >= 0.3 is 0 Å². The zero-order chi connectivity index (χ0) is 13.2. The lowest BCUT2D eigenvalue weighted by Crippen LogP contribution is -1.87. The zero-order valence-electron chi connectivity index (χ0n) is 10.2. The van der Waals surface area contributed by atoms with E-state index >= 15 is 0 Å². The molecule has 2 nitrogen and oxygen atoms in total. The molecule has 1 aliphatic carbocycles. The van der Waals surface area contributed by atoms with Gasteiger partial charge in [0.2, 0.25) is 0 Å². The van der Waals surface area contributed by atoms with Crippen LogP contribution in [0, 0.1) is 22.7 Å². The molecule has 0 saturated carbocycles. The van der Waals surface area contributed by atoms with Gasteiger partial charge in [-0.25, -0.2) is 0 Å². The Hall–Kier alpha value is -2.84. The van der Waals surface area contributed by atoms with Gasteiger partial charge in [-0.15, -0.1) is 0 Å². The summed E-state index contributed by atoms with van der Waals surface area (Å²) in [6.45, 7) is 0. The average molecular weight is 242 g/mol. The van der Waals surface area contributed by atoms with Crippen molar-refractivity contribution in [3.05, 3.63) is 64.7 Å². The number of hydrogen-bond donors (Lipinski definition) is 0. The van der Waals surface area contributed by atoms with Gasteiger partial charge < -0.3 is 0 Å². The van der Waals surface area contributed by atoms with Crippen molar-refractivity contribution in [3.8, 4) is 23.3 Å². The summed E-state index contributed by atoms with van der Waals surface area (Å²) in [6, 6.07) is 18.2.